The van der Waals surface area contributed by atoms with Gasteiger partial charge in [0.25, 0.3) is 0 Å². The zero-order valence-electron chi connectivity index (χ0n) is 27.4. The number of imidazole rings is 2. The van der Waals surface area contributed by atoms with E-state index in [0.717, 1.165) is 54.5 Å². The molecule has 7 rings (SSSR count). The van der Waals surface area contributed by atoms with E-state index in [0.29, 0.717) is 22.9 Å². The molecule has 6 heterocycles. The Labute approximate surface area is 298 Å². The molecule has 50 heavy (non-hydrogen) atoms. The number of hydrogen-bond donors (Lipinski definition) is 0. The molecule has 0 spiro atoms. The Morgan fingerprint density at radius 2 is 1.30 bits per heavy atom. The smallest absolute Gasteiger partial charge is 0.300 e. The summed E-state index contributed by atoms with van der Waals surface area (Å²) in [5.41, 5.74) is 8.91. The highest BCUT2D eigenvalue weighted by atomic mass is 127. The summed E-state index contributed by atoms with van der Waals surface area (Å²) in [6, 6.07) is 14.9. The van der Waals surface area contributed by atoms with Crippen molar-refractivity contribution >= 4 is 39.7 Å². The number of rotatable bonds is 7. The first kappa shape index (κ1) is 34.7. The van der Waals surface area contributed by atoms with Gasteiger partial charge in [-0.2, -0.15) is 23.4 Å². The number of halogens is 4. The van der Waals surface area contributed by atoms with Gasteiger partial charge in [0, 0.05) is 41.9 Å². The fraction of sp³-hybridized carbons (Fsp3) is 0.229. The van der Waals surface area contributed by atoms with Crippen LogP contribution in [0.2, 0.25) is 0 Å². The number of alkyl halides is 3. The van der Waals surface area contributed by atoms with Crippen LogP contribution >= 0.6 is 22.6 Å². The average molecular weight is 791 g/mol. The van der Waals surface area contributed by atoms with Crippen molar-refractivity contribution in [1.82, 2.24) is 49.1 Å². The van der Waals surface area contributed by atoms with E-state index >= 15 is 0 Å². The van der Waals surface area contributed by atoms with Gasteiger partial charge in [0.1, 0.15) is 20.8 Å². The van der Waals surface area contributed by atoms with Crippen molar-refractivity contribution < 1.29 is 18.0 Å². The number of carbonyl (C=O) groups excluding carboxylic acids is 1. The van der Waals surface area contributed by atoms with E-state index in [1.807, 2.05) is 85.4 Å². The molecule has 254 valence electrons. The standard InChI is InChI=1S/C23H20F3N5O.C12H10IN5/c1-14-15(2)29-30-22(28-14)18-7-9-31-20(13-27-21(31)12-18)17-5-3-4-16(10-17)11-19(32)6-8-23(24,25)26;1-7-8(2)16-17-12(15-7)9-3-4-18-10(13)6-14-11(18)5-9/h3-5,7,9-10,12-13H,6,8,11H2,1-2H3;3-6H,1-2H3. The lowest BCUT2D eigenvalue weighted by atomic mass is 10.0. The van der Waals surface area contributed by atoms with Gasteiger partial charge in [-0.1, -0.05) is 18.2 Å². The van der Waals surface area contributed by atoms with Crippen LogP contribution in [-0.2, 0) is 11.2 Å². The molecule has 0 aliphatic heterocycles. The van der Waals surface area contributed by atoms with Crippen LogP contribution in [0.25, 0.3) is 45.3 Å². The second-order valence-electron chi connectivity index (χ2n) is 11.7. The summed E-state index contributed by atoms with van der Waals surface area (Å²) in [7, 11) is 0. The van der Waals surface area contributed by atoms with Gasteiger partial charge in [0.2, 0.25) is 0 Å². The molecule has 6 aromatic heterocycles. The van der Waals surface area contributed by atoms with Gasteiger partial charge in [0.05, 0.1) is 47.3 Å². The van der Waals surface area contributed by atoms with Crippen molar-refractivity contribution in [3.05, 3.63) is 105 Å². The number of benzene rings is 1. The van der Waals surface area contributed by atoms with E-state index in [1.54, 1.807) is 24.4 Å². The normalized spacial score (nSPS) is 11.5. The molecule has 0 fully saturated rings. The summed E-state index contributed by atoms with van der Waals surface area (Å²) in [6.07, 6.45) is 1.39. The average Bonchev–Trinajstić information content (AvgIpc) is 3.69. The molecule has 0 aliphatic rings. The minimum atomic E-state index is -4.33. The van der Waals surface area contributed by atoms with Crippen molar-refractivity contribution in [2.45, 2.75) is 53.1 Å². The number of ketones is 1. The Hall–Kier alpha value is -5.19. The molecule has 11 nitrogen and oxygen atoms in total. The number of fused-ring (bicyclic) bond motifs is 2. The minimum absolute atomic E-state index is 0.0398. The first-order valence-electron chi connectivity index (χ1n) is 15.5. The molecule has 7 aromatic rings. The van der Waals surface area contributed by atoms with Crippen molar-refractivity contribution in [2.24, 2.45) is 0 Å². The summed E-state index contributed by atoms with van der Waals surface area (Å²) in [6.45, 7) is 7.56. The van der Waals surface area contributed by atoms with E-state index < -0.39 is 24.8 Å². The molecular formula is C35H30F3IN10O. The van der Waals surface area contributed by atoms with E-state index in [-0.39, 0.29) is 6.42 Å². The number of nitrogens with zero attached hydrogens (tertiary/aromatic N) is 10. The van der Waals surface area contributed by atoms with E-state index in [9.17, 15) is 18.0 Å². The lowest BCUT2D eigenvalue weighted by molar-refractivity contribution is -0.143. The second kappa shape index (κ2) is 14.3. The van der Waals surface area contributed by atoms with Crippen molar-refractivity contribution in [1.29, 1.82) is 0 Å². The van der Waals surface area contributed by atoms with Gasteiger partial charge in [-0.15, -0.1) is 10.2 Å². The summed E-state index contributed by atoms with van der Waals surface area (Å²) in [5.74, 6) is 0.711. The minimum Gasteiger partial charge on any atom is -0.300 e. The molecule has 0 unspecified atom stereocenters. The summed E-state index contributed by atoms with van der Waals surface area (Å²) in [5, 5.41) is 16.5. The molecule has 0 N–H and O–H groups in total. The van der Waals surface area contributed by atoms with Crippen LogP contribution in [0.4, 0.5) is 13.2 Å². The maximum absolute atomic E-state index is 12.4. The third kappa shape index (κ3) is 7.98. The Balaban J connectivity index is 0.000000202. The SMILES string of the molecule is Cc1nnc(-c2ccn3c(-c4cccc(CC(=O)CCC(F)(F)F)c4)cnc3c2)nc1C.Cc1nnc(-c2ccn3c(I)cnc3c2)nc1C. The van der Waals surface area contributed by atoms with Crippen LogP contribution in [0.5, 0.6) is 0 Å². The number of pyridine rings is 2. The molecule has 0 aliphatic carbocycles. The molecule has 0 saturated heterocycles. The Morgan fingerprint density at radius 3 is 1.90 bits per heavy atom. The van der Waals surface area contributed by atoms with Crippen molar-refractivity contribution in [3.8, 4) is 34.0 Å². The van der Waals surface area contributed by atoms with Crippen molar-refractivity contribution in [3.63, 3.8) is 0 Å². The first-order valence-corrected chi connectivity index (χ1v) is 16.6. The van der Waals surface area contributed by atoms with Gasteiger partial charge in [0.15, 0.2) is 11.6 Å². The van der Waals surface area contributed by atoms with Crippen LogP contribution in [0.1, 0.15) is 41.2 Å². The molecule has 1 aromatic carbocycles. The zero-order chi connectivity index (χ0) is 35.6. The fourth-order valence-electron chi connectivity index (χ4n) is 5.02. The molecule has 0 radical (unpaired) electrons. The lowest BCUT2D eigenvalue weighted by Gasteiger charge is -2.08. The Bertz CT molecular complexity index is 2350. The van der Waals surface area contributed by atoms with Gasteiger partial charge < -0.3 is 0 Å². The molecule has 0 saturated carbocycles. The Morgan fingerprint density at radius 1 is 0.720 bits per heavy atom. The third-order valence-corrected chi connectivity index (χ3v) is 8.79. The Kier molecular flexibility index (Phi) is 9.95. The van der Waals surface area contributed by atoms with Crippen LogP contribution in [0.15, 0.2) is 73.3 Å². The number of hydrogen-bond acceptors (Lipinski definition) is 9. The number of Topliss-reactive ketones (excluding diaryl/α,β-unsaturated/α-hetero) is 1. The molecule has 0 bridgehead atoms. The fourth-order valence-corrected chi connectivity index (χ4v) is 5.57. The summed E-state index contributed by atoms with van der Waals surface area (Å²) >= 11 is 2.25. The highest BCUT2D eigenvalue weighted by Crippen LogP contribution is 2.26. The molecule has 0 amide bonds. The zero-order valence-corrected chi connectivity index (χ0v) is 29.6. The summed E-state index contributed by atoms with van der Waals surface area (Å²) < 4.78 is 42.0. The summed E-state index contributed by atoms with van der Waals surface area (Å²) in [4.78, 5) is 29.7. The first-order chi connectivity index (χ1) is 23.8. The predicted molar refractivity (Wildman–Crippen MR) is 189 cm³/mol. The molecule has 0 atom stereocenters. The molecule has 15 heteroatoms. The maximum Gasteiger partial charge on any atom is 0.389 e. The highest BCUT2D eigenvalue weighted by molar-refractivity contribution is 14.1. The number of carbonyl (C=O) groups is 1. The van der Waals surface area contributed by atoms with E-state index in [4.69, 9.17) is 0 Å². The quantitative estimate of drug-likeness (QED) is 0.153. The van der Waals surface area contributed by atoms with Gasteiger partial charge in [-0.05, 0) is 86.2 Å². The topological polar surface area (TPSA) is 129 Å². The van der Waals surface area contributed by atoms with Crippen LogP contribution in [-0.4, -0.2) is 61.1 Å². The number of aryl methyl sites for hydroxylation is 4. The van der Waals surface area contributed by atoms with Crippen LogP contribution in [0, 0.1) is 31.4 Å². The van der Waals surface area contributed by atoms with Gasteiger partial charge in [-0.3, -0.25) is 13.6 Å². The van der Waals surface area contributed by atoms with Gasteiger partial charge >= 0.3 is 6.18 Å². The highest BCUT2D eigenvalue weighted by Gasteiger charge is 2.27. The van der Waals surface area contributed by atoms with Crippen molar-refractivity contribution in [2.75, 3.05) is 0 Å². The predicted octanol–water partition coefficient (Wildman–Crippen LogP) is 7.33. The van der Waals surface area contributed by atoms with Crippen LogP contribution < -0.4 is 0 Å². The van der Waals surface area contributed by atoms with Crippen LogP contribution in [0.3, 0.4) is 0 Å². The van der Waals surface area contributed by atoms with E-state index in [2.05, 4.69) is 62.9 Å². The maximum atomic E-state index is 12.4. The lowest BCUT2D eigenvalue weighted by Crippen LogP contribution is -2.12. The largest absolute Gasteiger partial charge is 0.389 e. The molecular weight excluding hydrogens is 760 g/mol. The number of aromatic nitrogens is 10. The van der Waals surface area contributed by atoms with E-state index in [1.165, 1.54) is 0 Å². The second-order valence-corrected chi connectivity index (χ2v) is 12.8. The third-order valence-electron chi connectivity index (χ3n) is 7.99. The van der Waals surface area contributed by atoms with Gasteiger partial charge in [-0.25, -0.2) is 19.9 Å². The monoisotopic (exact) mass is 790 g/mol.